The van der Waals surface area contributed by atoms with E-state index in [1.54, 1.807) is 6.07 Å². The van der Waals surface area contributed by atoms with Gasteiger partial charge in [0, 0.05) is 11.1 Å². The van der Waals surface area contributed by atoms with Crippen LogP contribution in [-0.2, 0) is 6.42 Å². The fourth-order valence-corrected chi connectivity index (χ4v) is 2.89. The Labute approximate surface area is 141 Å². The molecular weight excluding hydrogens is 325 g/mol. The largest absolute Gasteiger partial charge is 0.310 e. The number of rotatable bonds is 5. The summed E-state index contributed by atoms with van der Waals surface area (Å²) >= 11 is 18.6. The first-order chi connectivity index (χ1) is 10.0. The lowest BCUT2D eigenvalue weighted by Gasteiger charge is -2.20. The second-order valence-corrected chi connectivity index (χ2v) is 6.23. The van der Waals surface area contributed by atoms with Gasteiger partial charge in [0.25, 0.3) is 0 Å². The van der Waals surface area contributed by atoms with Crippen molar-refractivity contribution >= 4 is 34.8 Å². The zero-order valence-corrected chi connectivity index (χ0v) is 14.4. The maximum absolute atomic E-state index is 6.30. The Hall–Kier alpha value is -0.730. The maximum atomic E-state index is 6.30. The minimum Gasteiger partial charge on any atom is -0.310 e. The molecule has 0 aromatic heterocycles. The van der Waals surface area contributed by atoms with E-state index in [4.69, 9.17) is 34.8 Å². The van der Waals surface area contributed by atoms with E-state index in [1.807, 2.05) is 31.2 Å². The van der Waals surface area contributed by atoms with Crippen molar-refractivity contribution in [2.75, 3.05) is 6.54 Å². The molecule has 0 bridgehead atoms. The van der Waals surface area contributed by atoms with E-state index in [0.29, 0.717) is 10.0 Å². The Morgan fingerprint density at radius 2 is 1.81 bits per heavy atom. The van der Waals surface area contributed by atoms with Gasteiger partial charge in [-0.2, -0.15) is 0 Å². The fourth-order valence-electron chi connectivity index (χ4n) is 2.31. The van der Waals surface area contributed by atoms with E-state index in [2.05, 4.69) is 18.3 Å². The van der Waals surface area contributed by atoms with Gasteiger partial charge in [-0.3, -0.25) is 0 Å². The van der Waals surface area contributed by atoms with Gasteiger partial charge in [0.05, 0.1) is 10.0 Å². The molecule has 2 aromatic rings. The highest BCUT2D eigenvalue weighted by atomic mass is 35.5. The van der Waals surface area contributed by atoms with E-state index in [9.17, 15) is 0 Å². The highest BCUT2D eigenvalue weighted by Gasteiger charge is 2.15. The minimum atomic E-state index is 0.157. The average molecular weight is 343 g/mol. The third-order valence-electron chi connectivity index (χ3n) is 3.50. The molecule has 0 amide bonds. The number of hydrogen-bond donors (Lipinski definition) is 1. The summed E-state index contributed by atoms with van der Waals surface area (Å²) in [5.41, 5.74) is 3.27. The van der Waals surface area contributed by atoms with E-state index in [0.717, 1.165) is 34.7 Å². The molecule has 0 fully saturated rings. The van der Waals surface area contributed by atoms with Gasteiger partial charge in [0.2, 0.25) is 0 Å². The van der Waals surface area contributed by atoms with Crippen LogP contribution in [0.25, 0.3) is 0 Å². The summed E-state index contributed by atoms with van der Waals surface area (Å²) in [5.74, 6) is 0. The van der Waals surface area contributed by atoms with Crippen LogP contribution < -0.4 is 5.32 Å². The molecule has 1 N–H and O–H groups in total. The quantitative estimate of drug-likeness (QED) is 0.719. The Morgan fingerprint density at radius 3 is 2.48 bits per heavy atom. The molecule has 2 rings (SSSR count). The molecule has 0 aliphatic carbocycles. The molecule has 1 nitrogen and oxygen atoms in total. The molecule has 0 saturated carbocycles. The lowest BCUT2D eigenvalue weighted by atomic mass is 9.98. The maximum Gasteiger partial charge on any atom is 0.0624 e. The number of aryl methyl sites for hydroxylation is 1. The Morgan fingerprint density at radius 1 is 1.05 bits per heavy atom. The summed E-state index contributed by atoms with van der Waals surface area (Å²) in [6.45, 7) is 4.96. The van der Waals surface area contributed by atoms with Crippen molar-refractivity contribution in [3.8, 4) is 0 Å². The predicted octanol–water partition coefficient (Wildman–Crippen LogP) is 5.85. The van der Waals surface area contributed by atoms with Gasteiger partial charge < -0.3 is 5.32 Å². The zero-order chi connectivity index (χ0) is 15.4. The van der Waals surface area contributed by atoms with Crippen LogP contribution in [0.1, 0.15) is 29.7 Å². The first-order valence-electron chi connectivity index (χ1n) is 6.95. The second-order valence-electron chi connectivity index (χ2n) is 5.04. The SMILES string of the molecule is CCNC(Cc1cccc(Cl)c1Cl)c1ccc(C)c(Cl)c1. The summed E-state index contributed by atoms with van der Waals surface area (Å²) in [7, 11) is 0. The third kappa shape index (κ3) is 4.14. The molecule has 21 heavy (non-hydrogen) atoms. The van der Waals surface area contributed by atoms with Crippen LogP contribution in [0.5, 0.6) is 0 Å². The smallest absolute Gasteiger partial charge is 0.0624 e. The number of benzene rings is 2. The molecule has 4 heteroatoms. The summed E-state index contributed by atoms with van der Waals surface area (Å²) in [6.07, 6.45) is 0.770. The van der Waals surface area contributed by atoms with Gasteiger partial charge in [-0.25, -0.2) is 0 Å². The monoisotopic (exact) mass is 341 g/mol. The van der Waals surface area contributed by atoms with Crippen LogP contribution in [0.4, 0.5) is 0 Å². The molecule has 0 saturated heterocycles. The third-order valence-corrected chi connectivity index (χ3v) is 4.77. The molecule has 112 valence electrons. The van der Waals surface area contributed by atoms with Crippen molar-refractivity contribution in [1.82, 2.24) is 5.32 Å². The molecular formula is C17H18Cl3N. The van der Waals surface area contributed by atoms with E-state index in [1.165, 1.54) is 0 Å². The summed E-state index contributed by atoms with van der Waals surface area (Å²) in [4.78, 5) is 0. The first kappa shape index (κ1) is 16.6. The van der Waals surface area contributed by atoms with Crippen LogP contribution >= 0.6 is 34.8 Å². The van der Waals surface area contributed by atoms with Crippen LogP contribution in [0, 0.1) is 6.92 Å². The van der Waals surface area contributed by atoms with Gasteiger partial charge >= 0.3 is 0 Å². The van der Waals surface area contributed by atoms with Crippen LogP contribution in [0.15, 0.2) is 36.4 Å². The Bertz CT molecular complexity index is 625. The Balaban J connectivity index is 2.30. The van der Waals surface area contributed by atoms with Gasteiger partial charge in [-0.1, -0.05) is 66.0 Å². The minimum absolute atomic E-state index is 0.157. The molecule has 0 spiro atoms. The molecule has 1 unspecified atom stereocenters. The van der Waals surface area contributed by atoms with Gasteiger partial charge in [0.1, 0.15) is 0 Å². The number of nitrogens with one attached hydrogen (secondary N) is 1. The van der Waals surface area contributed by atoms with Crippen molar-refractivity contribution in [3.05, 3.63) is 68.2 Å². The summed E-state index contributed by atoms with van der Waals surface area (Å²) in [6, 6.07) is 12.1. The lowest BCUT2D eigenvalue weighted by Crippen LogP contribution is -2.23. The van der Waals surface area contributed by atoms with Gasteiger partial charge in [-0.05, 0) is 48.7 Å². The van der Waals surface area contributed by atoms with Crippen molar-refractivity contribution in [3.63, 3.8) is 0 Å². The van der Waals surface area contributed by atoms with Gasteiger partial charge in [-0.15, -0.1) is 0 Å². The fraction of sp³-hybridized carbons (Fsp3) is 0.294. The van der Waals surface area contributed by atoms with E-state index in [-0.39, 0.29) is 6.04 Å². The molecule has 0 heterocycles. The number of halogens is 3. The molecule has 2 aromatic carbocycles. The average Bonchev–Trinajstić information content (AvgIpc) is 2.46. The standard InChI is InChI=1S/C17H18Cl3N/c1-3-21-16(12-8-7-11(2)15(19)9-12)10-13-5-4-6-14(18)17(13)20/h4-9,16,21H,3,10H2,1-2H3. The van der Waals surface area contributed by atoms with E-state index >= 15 is 0 Å². The van der Waals surface area contributed by atoms with Crippen LogP contribution in [0.2, 0.25) is 15.1 Å². The number of hydrogen-bond acceptors (Lipinski definition) is 1. The topological polar surface area (TPSA) is 12.0 Å². The molecule has 0 aliphatic rings. The molecule has 0 aliphatic heterocycles. The van der Waals surface area contributed by atoms with Crippen LogP contribution in [-0.4, -0.2) is 6.54 Å². The molecule has 1 atom stereocenters. The van der Waals surface area contributed by atoms with Crippen molar-refractivity contribution in [2.24, 2.45) is 0 Å². The molecule has 0 radical (unpaired) electrons. The van der Waals surface area contributed by atoms with Crippen molar-refractivity contribution in [1.29, 1.82) is 0 Å². The lowest BCUT2D eigenvalue weighted by molar-refractivity contribution is 0.550. The first-order valence-corrected chi connectivity index (χ1v) is 8.08. The van der Waals surface area contributed by atoms with Crippen molar-refractivity contribution in [2.45, 2.75) is 26.3 Å². The predicted molar refractivity (Wildman–Crippen MR) is 92.8 cm³/mol. The highest BCUT2D eigenvalue weighted by Crippen LogP contribution is 2.30. The number of likely N-dealkylation sites (N-methyl/N-ethyl adjacent to an activating group) is 1. The summed E-state index contributed by atoms with van der Waals surface area (Å²) in [5, 5.41) is 5.48. The second kappa shape index (κ2) is 7.51. The Kier molecular flexibility index (Phi) is 5.95. The van der Waals surface area contributed by atoms with Crippen LogP contribution in [0.3, 0.4) is 0 Å². The highest BCUT2D eigenvalue weighted by molar-refractivity contribution is 6.42. The van der Waals surface area contributed by atoms with Crippen molar-refractivity contribution < 1.29 is 0 Å². The summed E-state index contributed by atoms with van der Waals surface area (Å²) < 4.78 is 0. The van der Waals surface area contributed by atoms with E-state index < -0.39 is 0 Å². The van der Waals surface area contributed by atoms with Gasteiger partial charge in [0.15, 0.2) is 0 Å². The zero-order valence-electron chi connectivity index (χ0n) is 12.1. The normalized spacial score (nSPS) is 12.4.